The zero-order valence-electron chi connectivity index (χ0n) is 10.8. The molecule has 0 aliphatic heterocycles. The quantitative estimate of drug-likeness (QED) is 0.918. The highest BCUT2D eigenvalue weighted by molar-refractivity contribution is 6.29. The van der Waals surface area contributed by atoms with Gasteiger partial charge in [-0.15, -0.1) is 0 Å². The van der Waals surface area contributed by atoms with Gasteiger partial charge < -0.3 is 5.11 Å². The number of rotatable bonds is 5. The van der Waals surface area contributed by atoms with Gasteiger partial charge in [0.25, 0.3) is 0 Å². The number of hydrogen-bond donors (Lipinski definition) is 1. The smallest absolute Gasteiger partial charge is 0.147 e. The SMILES string of the molecule is N#C[C@H](c1ccccc1)[C@@H](CCO)c1cncc(Cl)n1. The summed E-state index contributed by atoms with van der Waals surface area (Å²) in [4.78, 5) is 8.24. The van der Waals surface area contributed by atoms with Crippen LogP contribution in [0.1, 0.15) is 29.5 Å². The Labute approximate surface area is 122 Å². The van der Waals surface area contributed by atoms with Gasteiger partial charge in [0.15, 0.2) is 0 Å². The molecule has 102 valence electrons. The normalized spacial score (nSPS) is 13.4. The Bertz CT molecular complexity index is 598. The second-order valence-electron chi connectivity index (χ2n) is 4.40. The van der Waals surface area contributed by atoms with Crippen LogP contribution < -0.4 is 0 Å². The van der Waals surface area contributed by atoms with E-state index in [2.05, 4.69) is 16.0 Å². The average molecular weight is 288 g/mol. The fourth-order valence-corrected chi connectivity index (χ4v) is 2.37. The van der Waals surface area contributed by atoms with Crippen LogP contribution in [0.5, 0.6) is 0 Å². The van der Waals surface area contributed by atoms with E-state index in [1.165, 1.54) is 6.20 Å². The molecule has 0 bridgehead atoms. The molecule has 0 unspecified atom stereocenters. The van der Waals surface area contributed by atoms with Crippen molar-refractivity contribution in [2.24, 2.45) is 0 Å². The van der Waals surface area contributed by atoms with Gasteiger partial charge >= 0.3 is 0 Å². The number of aliphatic hydroxyl groups is 1. The molecule has 1 heterocycles. The Kier molecular flexibility index (Phi) is 5.05. The van der Waals surface area contributed by atoms with Crippen molar-refractivity contribution in [2.75, 3.05) is 6.61 Å². The zero-order valence-corrected chi connectivity index (χ0v) is 11.5. The first-order chi connectivity index (χ1) is 9.76. The van der Waals surface area contributed by atoms with Gasteiger partial charge in [-0.05, 0) is 12.0 Å². The highest BCUT2D eigenvalue weighted by Gasteiger charge is 2.26. The molecule has 0 spiro atoms. The van der Waals surface area contributed by atoms with Crippen molar-refractivity contribution < 1.29 is 5.11 Å². The van der Waals surface area contributed by atoms with E-state index < -0.39 is 5.92 Å². The molecule has 1 aromatic heterocycles. The van der Waals surface area contributed by atoms with Crippen LogP contribution in [0, 0.1) is 11.3 Å². The van der Waals surface area contributed by atoms with E-state index in [4.69, 9.17) is 11.6 Å². The maximum atomic E-state index is 9.49. The summed E-state index contributed by atoms with van der Waals surface area (Å²) >= 11 is 5.86. The molecular formula is C15H14ClN3O. The lowest BCUT2D eigenvalue weighted by Gasteiger charge is -2.21. The molecule has 0 aliphatic rings. The summed E-state index contributed by atoms with van der Waals surface area (Å²) in [6.45, 7) is -0.0239. The van der Waals surface area contributed by atoms with Gasteiger partial charge in [0.05, 0.1) is 23.9 Å². The Morgan fingerprint density at radius 3 is 2.60 bits per heavy atom. The van der Waals surface area contributed by atoms with Crippen molar-refractivity contribution in [3.8, 4) is 6.07 Å². The Morgan fingerprint density at radius 2 is 2.00 bits per heavy atom. The summed E-state index contributed by atoms with van der Waals surface area (Å²) < 4.78 is 0. The molecule has 1 aromatic carbocycles. The molecule has 0 saturated heterocycles. The number of aliphatic hydroxyl groups excluding tert-OH is 1. The van der Waals surface area contributed by atoms with E-state index in [9.17, 15) is 10.4 Å². The van der Waals surface area contributed by atoms with Crippen LogP contribution in [0.3, 0.4) is 0 Å². The monoisotopic (exact) mass is 287 g/mol. The largest absolute Gasteiger partial charge is 0.396 e. The summed E-state index contributed by atoms with van der Waals surface area (Å²) in [7, 11) is 0. The number of nitrogens with zero attached hydrogens (tertiary/aromatic N) is 3. The molecule has 20 heavy (non-hydrogen) atoms. The van der Waals surface area contributed by atoms with Gasteiger partial charge in [0, 0.05) is 18.7 Å². The average Bonchev–Trinajstić information content (AvgIpc) is 2.48. The third-order valence-electron chi connectivity index (χ3n) is 3.14. The van der Waals surface area contributed by atoms with E-state index in [-0.39, 0.29) is 17.7 Å². The maximum Gasteiger partial charge on any atom is 0.147 e. The van der Waals surface area contributed by atoms with Crippen molar-refractivity contribution in [3.05, 3.63) is 59.1 Å². The Morgan fingerprint density at radius 1 is 1.25 bits per heavy atom. The minimum Gasteiger partial charge on any atom is -0.396 e. The fourth-order valence-electron chi connectivity index (χ4n) is 2.22. The van der Waals surface area contributed by atoms with Crippen molar-refractivity contribution in [2.45, 2.75) is 18.3 Å². The highest BCUT2D eigenvalue weighted by Crippen LogP contribution is 2.34. The third-order valence-corrected chi connectivity index (χ3v) is 3.33. The number of hydrogen-bond acceptors (Lipinski definition) is 4. The van der Waals surface area contributed by atoms with E-state index >= 15 is 0 Å². The van der Waals surface area contributed by atoms with Crippen LogP contribution in [-0.4, -0.2) is 21.7 Å². The number of nitriles is 1. The van der Waals surface area contributed by atoms with Gasteiger partial charge in [-0.3, -0.25) is 4.98 Å². The van der Waals surface area contributed by atoms with Crippen LogP contribution in [-0.2, 0) is 0 Å². The van der Waals surface area contributed by atoms with Crippen LogP contribution in [0.2, 0.25) is 5.15 Å². The van der Waals surface area contributed by atoms with Gasteiger partial charge in [-0.1, -0.05) is 41.9 Å². The van der Waals surface area contributed by atoms with Crippen molar-refractivity contribution in [1.82, 2.24) is 9.97 Å². The van der Waals surface area contributed by atoms with E-state index in [0.29, 0.717) is 12.1 Å². The highest BCUT2D eigenvalue weighted by atomic mass is 35.5. The molecule has 0 radical (unpaired) electrons. The van der Waals surface area contributed by atoms with Crippen molar-refractivity contribution >= 4 is 11.6 Å². The summed E-state index contributed by atoms with van der Waals surface area (Å²) in [5.74, 6) is -0.630. The van der Waals surface area contributed by atoms with Gasteiger partial charge in [-0.25, -0.2) is 4.98 Å². The first kappa shape index (κ1) is 14.4. The molecule has 5 heteroatoms. The third kappa shape index (κ3) is 3.32. The lowest BCUT2D eigenvalue weighted by molar-refractivity contribution is 0.271. The van der Waals surface area contributed by atoms with Crippen molar-refractivity contribution in [1.29, 1.82) is 5.26 Å². The number of halogens is 1. The molecule has 0 aliphatic carbocycles. The predicted octanol–water partition coefficient (Wildman–Crippen LogP) is 2.90. The standard InChI is InChI=1S/C15H14ClN3O/c16-15-10-18-9-14(19-15)12(6-7-20)13(8-17)11-4-2-1-3-5-11/h1-5,9-10,12-13,20H,6-7H2/t12-,13-/m1/s1. The summed E-state index contributed by atoms with van der Waals surface area (Å²) in [5, 5.41) is 19.0. The molecule has 2 atom stereocenters. The summed E-state index contributed by atoms with van der Waals surface area (Å²) in [5.41, 5.74) is 1.53. The van der Waals surface area contributed by atoms with E-state index in [0.717, 1.165) is 5.56 Å². The minimum absolute atomic E-state index is 0.0239. The first-order valence-electron chi connectivity index (χ1n) is 6.29. The minimum atomic E-state index is -0.392. The van der Waals surface area contributed by atoms with Gasteiger partial charge in [0.1, 0.15) is 5.15 Å². The maximum absolute atomic E-state index is 9.49. The summed E-state index contributed by atoms with van der Waals surface area (Å²) in [6.07, 6.45) is 3.48. The fraction of sp³-hybridized carbons (Fsp3) is 0.267. The molecule has 4 nitrogen and oxygen atoms in total. The zero-order chi connectivity index (χ0) is 14.4. The predicted molar refractivity (Wildman–Crippen MR) is 76.3 cm³/mol. The first-order valence-corrected chi connectivity index (χ1v) is 6.67. The van der Waals surface area contributed by atoms with Crippen molar-refractivity contribution in [3.63, 3.8) is 0 Å². The van der Waals surface area contributed by atoms with E-state index in [1.54, 1.807) is 6.20 Å². The topological polar surface area (TPSA) is 69.8 Å². The second-order valence-corrected chi connectivity index (χ2v) is 4.79. The molecule has 0 fully saturated rings. The molecular weight excluding hydrogens is 274 g/mol. The van der Waals surface area contributed by atoms with Crippen LogP contribution in [0.25, 0.3) is 0 Å². The van der Waals surface area contributed by atoms with Crippen LogP contribution in [0.15, 0.2) is 42.7 Å². The number of aromatic nitrogens is 2. The number of benzene rings is 1. The van der Waals surface area contributed by atoms with Crippen LogP contribution >= 0.6 is 11.6 Å². The molecule has 1 N–H and O–H groups in total. The molecule has 2 rings (SSSR count). The Balaban J connectivity index is 2.39. The van der Waals surface area contributed by atoms with Crippen LogP contribution in [0.4, 0.5) is 0 Å². The van der Waals surface area contributed by atoms with Gasteiger partial charge in [0.2, 0.25) is 0 Å². The lowest BCUT2D eigenvalue weighted by Crippen LogP contribution is -2.13. The van der Waals surface area contributed by atoms with Gasteiger partial charge in [-0.2, -0.15) is 5.26 Å². The second kappa shape index (κ2) is 6.99. The lowest BCUT2D eigenvalue weighted by atomic mass is 9.83. The summed E-state index contributed by atoms with van der Waals surface area (Å²) in [6, 6.07) is 11.8. The Hall–Kier alpha value is -1.96. The van der Waals surface area contributed by atoms with E-state index in [1.807, 2.05) is 30.3 Å². The molecule has 0 saturated carbocycles. The molecule has 0 amide bonds. The molecule has 2 aromatic rings.